The van der Waals surface area contributed by atoms with Crippen molar-refractivity contribution in [2.45, 2.75) is 33.2 Å². The maximum atomic E-state index is 14.1. The van der Waals surface area contributed by atoms with E-state index in [0.29, 0.717) is 12.2 Å². The third kappa shape index (κ3) is 3.42. The second-order valence-corrected chi connectivity index (χ2v) is 6.36. The number of rotatable bonds is 4. The molecule has 2 aromatic rings. The maximum Gasteiger partial charge on any atom is 0.288 e. The van der Waals surface area contributed by atoms with Crippen LogP contribution in [0.4, 0.5) is 16.0 Å². The smallest absolute Gasteiger partial charge is 0.288 e. The Bertz CT molecular complexity index is 842. The summed E-state index contributed by atoms with van der Waals surface area (Å²) in [6.07, 6.45) is 2.15. The molecule has 1 aliphatic rings. The summed E-state index contributed by atoms with van der Waals surface area (Å²) >= 11 is 0. The van der Waals surface area contributed by atoms with E-state index in [1.807, 2.05) is 13.8 Å². The summed E-state index contributed by atoms with van der Waals surface area (Å²) in [6.45, 7) is 6.78. The molecule has 0 radical (unpaired) electrons. The van der Waals surface area contributed by atoms with Crippen molar-refractivity contribution >= 4 is 17.5 Å². The zero-order valence-corrected chi connectivity index (χ0v) is 15.3. The van der Waals surface area contributed by atoms with Crippen LogP contribution in [0.1, 0.15) is 34.0 Å². The largest absolute Gasteiger partial charge is 0.363 e. The molecule has 138 valence electrons. The molecule has 3 heterocycles. The lowest BCUT2D eigenvalue weighted by Crippen LogP contribution is -2.29. The molecule has 26 heavy (non-hydrogen) atoms. The third-order valence-corrected chi connectivity index (χ3v) is 4.59. The molecule has 0 saturated carbocycles. The number of nitrogens with zero attached hydrogens (tertiary/aromatic N) is 5. The van der Waals surface area contributed by atoms with Gasteiger partial charge in [0.2, 0.25) is 5.82 Å². The summed E-state index contributed by atoms with van der Waals surface area (Å²) < 4.78 is 14.1. The molecule has 1 amide bonds. The van der Waals surface area contributed by atoms with Crippen LogP contribution in [-0.4, -0.2) is 52.0 Å². The lowest BCUT2D eigenvalue weighted by Gasteiger charge is -2.21. The van der Waals surface area contributed by atoms with Gasteiger partial charge in [-0.1, -0.05) is 0 Å². The molecule has 1 aliphatic heterocycles. The van der Waals surface area contributed by atoms with Crippen molar-refractivity contribution < 1.29 is 9.18 Å². The van der Waals surface area contributed by atoms with Crippen molar-refractivity contribution in [1.82, 2.24) is 25.3 Å². The summed E-state index contributed by atoms with van der Waals surface area (Å²) in [5.74, 6) is 0.355. The Morgan fingerprint density at radius 2 is 2.00 bits per heavy atom. The van der Waals surface area contributed by atoms with E-state index >= 15 is 0 Å². The fourth-order valence-electron chi connectivity index (χ4n) is 2.96. The Hall–Kier alpha value is -2.84. The lowest BCUT2D eigenvalue weighted by molar-refractivity contribution is 0.0952. The van der Waals surface area contributed by atoms with Gasteiger partial charge in [-0.15, -0.1) is 0 Å². The average Bonchev–Trinajstić information content (AvgIpc) is 3.08. The van der Waals surface area contributed by atoms with Crippen LogP contribution in [0.25, 0.3) is 0 Å². The van der Waals surface area contributed by atoms with Crippen LogP contribution >= 0.6 is 0 Å². The van der Waals surface area contributed by atoms with E-state index in [-0.39, 0.29) is 23.6 Å². The van der Waals surface area contributed by atoms with Gasteiger partial charge in [0.05, 0.1) is 5.69 Å². The number of anilines is 2. The fourth-order valence-corrected chi connectivity index (χ4v) is 2.96. The van der Waals surface area contributed by atoms with Gasteiger partial charge in [0.1, 0.15) is 12.1 Å². The molecule has 3 rings (SSSR count). The van der Waals surface area contributed by atoms with Gasteiger partial charge < -0.3 is 15.5 Å². The SMILES string of the molecule is CNC(=O)c1nc(C)c(C)c(N2CC[C@@H](Nc3ncnc(C)c3F)C2)n1. The molecule has 1 atom stereocenters. The molecule has 8 nitrogen and oxygen atoms in total. The summed E-state index contributed by atoms with van der Waals surface area (Å²) in [7, 11) is 1.55. The van der Waals surface area contributed by atoms with Gasteiger partial charge in [-0.05, 0) is 27.2 Å². The van der Waals surface area contributed by atoms with Crippen molar-refractivity contribution in [3.05, 3.63) is 34.9 Å². The number of nitrogens with one attached hydrogen (secondary N) is 2. The Labute approximate surface area is 151 Å². The van der Waals surface area contributed by atoms with Gasteiger partial charge in [0.25, 0.3) is 5.91 Å². The number of carbonyl (C=O) groups excluding carboxylic acids is 1. The van der Waals surface area contributed by atoms with E-state index in [9.17, 15) is 9.18 Å². The van der Waals surface area contributed by atoms with Crippen LogP contribution in [0.2, 0.25) is 0 Å². The third-order valence-electron chi connectivity index (χ3n) is 4.59. The molecular weight excluding hydrogens is 337 g/mol. The maximum absolute atomic E-state index is 14.1. The van der Waals surface area contributed by atoms with Crippen molar-refractivity contribution in [3.8, 4) is 0 Å². The van der Waals surface area contributed by atoms with E-state index in [2.05, 4.69) is 35.5 Å². The molecular formula is C17H22FN7O. The van der Waals surface area contributed by atoms with Crippen LogP contribution in [0.5, 0.6) is 0 Å². The first-order chi connectivity index (χ1) is 12.4. The van der Waals surface area contributed by atoms with Gasteiger partial charge in [-0.2, -0.15) is 0 Å². The van der Waals surface area contributed by atoms with E-state index in [1.54, 1.807) is 14.0 Å². The minimum atomic E-state index is -0.429. The van der Waals surface area contributed by atoms with E-state index in [0.717, 1.165) is 30.0 Å². The second-order valence-electron chi connectivity index (χ2n) is 6.36. The monoisotopic (exact) mass is 359 g/mol. The van der Waals surface area contributed by atoms with Gasteiger partial charge in [0, 0.05) is 37.4 Å². The normalized spacial score (nSPS) is 16.7. The highest BCUT2D eigenvalue weighted by Crippen LogP contribution is 2.25. The Kier molecular flexibility index (Phi) is 4.97. The first-order valence-corrected chi connectivity index (χ1v) is 8.46. The topological polar surface area (TPSA) is 95.9 Å². The minimum Gasteiger partial charge on any atom is -0.363 e. The number of amides is 1. The summed E-state index contributed by atoms with van der Waals surface area (Å²) in [5.41, 5.74) is 2.01. The van der Waals surface area contributed by atoms with Crippen LogP contribution in [-0.2, 0) is 0 Å². The van der Waals surface area contributed by atoms with Crippen LogP contribution in [0.3, 0.4) is 0 Å². The quantitative estimate of drug-likeness (QED) is 0.851. The van der Waals surface area contributed by atoms with Crippen molar-refractivity contribution in [2.75, 3.05) is 30.4 Å². The van der Waals surface area contributed by atoms with Gasteiger partial charge in [0.15, 0.2) is 11.6 Å². The molecule has 2 N–H and O–H groups in total. The Morgan fingerprint density at radius 3 is 2.73 bits per heavy atom. The van der Waals surface area contributed by atoms with Crippen molar-refractivity contribution in [1.29, 1.82) is 0 Å². The van der Waals surface area contributed by atoms with Gasteiger partial charge in [-0.3, -0.25) is 4.79 Å². The molecule has 1 saturated heterocycles. The first-order valence-electron chi connectivity index (χ1n) is 8.46. The molecule has 0 aromatic carbocycles. The molecule has 0 spiro atoms. The standard InChI is InChI=1S/C17H22FN7O/c1-9-10(2)22-15(17(26)19-4)24-16(9)25-6-5-12(7-25)23-14-13(18)11(3)20-8-21-14/h8,12H,5-7H2,1-4H3,(H,19,26)(H,20,21,23)/t12-/m1/s1. The highest BCUT2D eigenvalue weighted by Gasteiger charge is 2.27. The number of aromatic nitrogens is 4. The van der Waals surface area contributed by atoms with E-state index in [1.165, 1.54) is 6.33 Å². The highest BCUT2D eigenvalue weighted by molar-refractivity contribution is 5.90. The van der Waals surface area contributed by atoms with Crippen LogP contribution in [0, 0.1) is 26.6 Å². The van der Waals surface area contributed by atoms with E-state index < -0.39 is 5.82 Å². The number of hydrogen-bond donors (Lipinski definition) is 2. The van der Waals surface area contributed by atoms with Crippen molar-refractivity contribution in [3.63, 3.8) is 0 Å². The number of aryl methyl sites for hydroxylation is 2. The van der Waals surface area contributed by atoms with Crippen LogP contribution < -0.4 is 15.5 Å². The summed E-state index contributed by atoms with van der Waals surface area (Å²) in [5, 5.41) is 5.69. The second kappa shape index (κ2) is 7.19. The average molecular weight is 359 g/mol. The Balaban J connectivity index is 1.79. The zero-order valence-electron chi connectivity index (χ0n) is 15.3. The highest BCUT2D eigenvalue weighted by atomic mass is 19.1. The summed E-state index contributed by atoms with van der Waals surface area (Å²) in [4.78, 5) is 30.5. The van der Waals surface area contributed by atoms with Crippen LogP contribution in [0.15, 0.2) is 6.33 Å². The predicted molar refractivity (Wildman–Crippen MR) is 95.9 cm³/mol. The molecule has 0 unspecified atom stereocenters. The van der Waals surface area contributed by atoms with Gasteiger partial charge >= 0.3 is 0 Å². The minimum absolute atomic E-state index is 0.0249. The van der Waals surface area contributed by atoms with Crippen molar-refractivity contribution in [2.24, 2.45) is 0 Å². The predicted octanol–water partition coefficient (Wildman–Crippen LogP) is 1.38. The molecule has 0 bridgehead atoms. The zero-order chi connectivity index (χ0) is 18.8. The molecule has 0 aliphatic carbocycles. The number of halogens is 1. The summed E-state index contributed by atoms with van der Waals surface area (Å²) in [6, 6.07) is 0.0249. The molecule has 9 heteroatoms. The van der Waals surface area contributed by atoms with E-state index in [4.69, 9.17) is 0 Å². The fraction of sp³-hybridized carbons (Fsp3) is 0.471. The molecule has 2 aromatic heterocycles. The lowest BCUT2D eigenvalue weighted by atomic mass is 10.2. The first kappa shape index (κ1) is 18.0. The van der Waals surface area contributed by atoms with Gasteiger partial charge in [-0.25, -0.2) is 24.3 Å². The number of hydrogen-bond acceptors (Lipinski definition) is 7. The Morgan fingerprint density at radius 1 is 1.23 bits per heavy atom. The number of carbonyl (C=O) groups is 1. The molecule has 1 fully saturated rings.